The van der Waals surface area contributed by atoms with Gasteiger partial charge >= 0.3 is 5.97 Å². The third-order valence-corrected chi connectivity index (χ3v) is 6.89. The summed E-state index contributed by atoms with van der Waals surface area (Å²) in [7, 11) is 0. The van der Waals surface area contributed by atoms with Gasteiger partial charge in [0.25, 0.3) is 11.5 Å². The summed E-state index contributed by atoms with van der Waals surface area (Å²) in [6.07, 6.45) is 1.04. The zero-order valence-electron chi connectivity index (χ0n) is 18.6. The van der Waals surface area contributed by atoms with Crippen molar-refractivity contribution in [3.8, 4) is 16.9 Å². The first-order chi connectivity index (χ1) is 17.0. The molecule has 0 radical (unpaired) electrons. The Morgan fingerprint density at radius 2 is 1.57 bits per heavy atom. The van der Waals surface area contributed by atoms with Gasteiger partial charge in [0, 0.05) is 34.0 Å². The highest BCUT2D eigenvalue weighted by atomic mass is 16.4. The Labute approximate surface area is 199 Å². The maximum atomic E-state index is 13.8. The van der Waals surface area contributed by atoms with Gasteiger partial charge in [-0.15, -0.1) is 0 Å². The number of hydrogen-bond acceptors (Lipinski definition) is 4. The molecule has 1 aliphatic heterocycles. The monoisotopic (exact) mass is 464 g/mol. The lowest BCUT2D eigenvalue weighted by atomic mass is 10.0. The minimum Gasteiger partial charge on any atom is -0.480 e. The molecule has 1 N–H and O–H groups in total. The summed E-state index contributed by atoms with van der Waals surface area (Å²) in [5.74, 6) is -1.56. The number of hydrogen-bond donors (Lipinski definition) is 1. The molecule has 35 heavy (non-hydrogen) atoms. The number of pyridine rings is 1. The van der Waals surface area contributed by atoms with Crippen LogP contribution in [0.25, 0.3) is 27.7 Å². The number of ketones is 1. The van der Waals surface area contributed by atoms with Gasteiger partial charge in [-0.3, -0.25) is 19.0 Å². The maximum absolute atomic E-state index is 13.8. The Kier molecular flexibility index (Phi) is 4.67. The maximum Gasteiger partial charge on any atom is 0.326 e. The summed E-state index contributed by atoms with van der Waals surface area (Å²) in [5.41, 5.74) is 2.60. The van der Waals surface area contributed by atoms with Gasteiger partial charge in [-0.05, 0) is 37.1 Å². The molecule has 1 saturated heterocycles. The van der Waals surface area contributed by atoms with Crippen molar-refractivity contribution in [1.29, 1.82) is 0 Å². The van der Waals surface area contributed by atoms with Crippen molar-refractivity contribution in [2.75, 3.05) is 6.54 Å². The normalized spacial score (nSPS) is 16.4. The van der Waals surface area contributed by atoms with Crippen LogP contribution in [0.1, 0.15) is 39.1 Å². The first kappa shape index (κ1) is 21.0. The third-order valence-electron chi connectivity index (χ3n) is 6.89. The van der Waals surface area contributed by atoms with Gasteiger partial charge in [-0.1, -0.05) is 48.5 Å². The fourth-order valence-electron chi connectivity index (χ4n) is 5.31. The van der Waals surface area contributed by atoms with E-state index in [1.165, 1.54) is 9.47 Å². The lowest BCUT2D eigenvalue weighted by Crippen LogP contribution is -2.40. The van der Waals surface area contributed by atoms with Crippen LogP contribution in [0.3, 0.4) is 0 Å². The van der Waals surface area contributed by atoms with Crippen LogP contribution in [0, 0.1) is 0 Å². The number of carboxylic acids is 1. The molecule has 3 aromatic carbocycles. The molecule has 1 aromatic heterocycles. The van der Waals surface area contributed by atoms with E-state index < -0.39 is 17.9 Å². The predicted octanol–water partition coefficient (Wildman–Crippen LogP) is 3.89. The Balaban J connectivity index is 1.59. The topological polar surface area (TPSA) is 96.7 Å². The van der Waals surface area contributed by atoms with E-state index in [0.717, 1.165) is 0 Å². The molecule has 1 fully saturated rings. The minimum atomic E-state index is -1.02. The average Bonchev–Trinajstić information content (AvgIpc) is 3.48. The molecule has 7 nitrogen and oxygen atoms in total. The highest BCUT2D eigenvalue weighted by Gasteiger charge is 2.35. The number of carboxylic acid groups (broad SMARTS) is 1. The Hall–Kier alpha value is -4.52. The van der Waals surface area contributed by atoms with Crippen LogP contribution in [-0.4, -0.2) is 44.8 Å². The quantitative estimate of drug-likeness (QED) is 0.437. The van der Waals surface area contributed by atoms with Gasteiger partial charge in [0.1, 0.15) is 6.04 Å². The van der Waals surface area contributed by atoms with E-state index in [-0.39, 0.29) is 11.3 Å². The predicted molar refractivity (Wildman–Crippen MR) is 130 cm³/mol. The number of aliphatic carboxylic acids is 1. The molecule has 0 saturated carbocycles. The number of likely N-dealkylation sites (tertiary alicyclic amines) is 1. The zero-order chi connectivity index (χ0) is 24.3. The smallest absolute Gasteiger partial charge is 0.326 e. The van der Waals surface area contributed by atoms with Crippen molar-refractivity contribution >= 4 is 28.4 Å². The van der Waals surface area contributed by atoms with E-state index in [0.29, 0.717) is 63.8 Å². The lowest BCUT2D eigenvalue weighted by Gasteiger charge is -2.22. The molecule has 0 bridgehead atoms. The van der Waals surface area contributed by atoms with Crippen molar-refractivity contribution in [3.05, 3.63) is 99.8 Å². The SMILES string of the molecule is O=C1c2ccccc2-c2c1c1ccccc1c(=O)n2-c1cccc(C(=O)N2CCC[C@@H]2C(=O)O)c1. The number of carbonyl (C=O) groups is 3. The summed E-state index contributed by atoms with van der Waals surface area (Å²) >= 11 is 0. The molecule has 6 rings (SSSR count). The summed E-state index contributed by atoms with van der Waals surface area (Å²) in [5, 5.41) is 10.5. The van der Waals surface area contributed by atoms with Crippen LogP contribution in [0.15, 0.2) is 77.6 Å². The number of rotatable bonds is 3. The fraction of sp³-hybridized carbons (Fsp3) is 0.143. The molecule has 0 spiro atoms. The molecule has 4 aromatic rings. The minimum absolute atomic E-state index is 0.144. The Morgan fingerprint density at radius 1 is 0.857 bits per heavy atom. The van der Waals surface area contributed by atoms with Crippen LogP contribution in [0.4, 0.5) is 0 Å². The van der Waals surface area contributed by atoms with Gasteiger partial charge in [0.05, 0.1) is 16.9 Å². The molecule has 172 valence electrons. The Morgan fingerprint density at radius 3 is 2.34 bits per heavy atom. The number of aromatic nitrogens is 1. The summed E-state index contributed by atoms with van der Waals surface area (Å²) in [4.78, 5) is 53.4. The van der Waals surface area contributed by atoms with E-state index in [1.807, 2.05) is 12.1 Å². The van der Waals surface area contributed by atoms with Gasteiger partial charge < -0.3 is 10.0 Å². The van der Waals surface area contributed by atoms with Gasteiger partial charge in [0.2, 0.25) is 0 Å². The lowest BCUT2D eigenvalue weighted by molar-refractivity contribution is -0.141. The van der Waals surface area contributed by atoms with E-state index >= 15 is 0 Å². The van der Waals surface area contributed by atoms with Crippen molar-refractivity contribution in [3.63, 3.8) is 0 Å². The molecule has 2 heterocycles. The summed E-state index contributed by atoms with van der Waals surface area (Å²) in [6, 6.07) is 20.0. The third kappa shape index (κ3) is 3.05. The standard InChI is InChI=1S/C28H20N2O5/c31-25-20-11-3-2-10-19(20)24-23(25)18-9-1-4-12-21(18)27(33)30(24)17-8-5-7-16(15-17)26(32)29-14-6-13-22(29)28(34)35/h1-5,7-12,15,22H,6,13-14H2,(H,34,35)/t22-/m1/s1. The molecule has 1 atom stereocenters. The number of nitrogens with zero attached hydrogens (tertiary/aromatic N) is 2. The second-order valence-corrected chi connectivity index (χ2v) is 8.83. The van der Waals surface area contributed by atoms with Crippen LogP contribution in [-0.2, 0) is 4.79 Å². The second-order valence-electron chi connectivity index (χ2n) is 8.83. The molecule has 7 heteroatoms. The van der Waals surface area contributed by atoms with E-state index in [1.54, 1.807) is 60.7 Å². The molecule has 2 aliphatic rings. The average molecular weight is 464 g/mol. The van der Waals surface area contributed by atoms with Crippen LogP contribution in [0.2, 0.25) is 0 Å². The van der Waals surface area contributed by atoms with E-state index in [2.05, 4.69) is 0 Å². The fourth-order valence-corrected chi connectivity index (χ4v) is 5.31. The van der Waals surface area contributed by atoms with Crippen molar-refractivity contribution in [1.82, 2.24) is 9.47 Å². The van der Waals surface area contributed by atoms with Gasteiger partial charge in [-0.2, -0.15) is 0 Å². The zero-order valence-corrected chi connectivity index (χ0v) is 18.6. The van der Waals surface area contributed by atoms with Crippen molar-refractivity contribution in [2.24, 2.45) is 0 Å². The number of benzene rings is 3. The first-order valence-electron chi connectivity index (χ1n) is 11.4. The largest absolute Gasteiger partial charge is 0.480 e. The van der Waals surface area contributed by atoms with Crippen LogP contribution < -0.4 is 5.56 Å². The molecule has 1 aliphatic carbocycles. The van der Waals surface area contributed by atoms with Gasteiger partial charge in [0.15, 0.2) is 5.78 Å². The summed E-state index contributed by atoms with van der Waals surface area (Å²) in [6.45, 7) is 0.368. The van der Waals surface area contributed by atoms with Crippen molar-refractivity contribution in [2.45, 2.75) is 18.9 Å². The number of carbonyl (C=O) groups excluding carboxylic acids is 2. The number of amides is 1. The Bertz CT molecular complexity index is 1630. The first-order valence-corrected chi connectivity index (χ1v) is 11.4. The highest BCUT2D eigenvalue weighted by molar-refractivity contribution is 6.26. The molecular formula is C28H20N2O5. The molecule has 0 unspecified atom stereocenters. The van der Waals surface area contributed by atoms with Gasteiger partial charge in [-0.25, -0.2) is 4.79 Å². The van der Waals surface area contributed by atoms with E-state index in [9.17, 15) is 24.3 Å². The van der Waals surface area contributed by atoms with Crippen LogP contribution in [0.5, 0.6) is 0 Å². The molecule has 1 amide bonds. The number of fused-ring (bicyclic) bond motifs is 5. The van der Waals surface area contributed by atoms with Crippen molar-refractivity contribution < 1.29 is 19.5 Å². The molecular weight excluding hydrogens is 444 g/mol. The van der Waals surface area contributed by atoms with E-state index in [4.69, 9.17) is 0 Å². The second kappa shape index (κ2) is 7.77. The summed E-state index contributed by atoms with van der Waals surface area (Å²) < 4.78 is 1.50. The highest BCUT2D eigenvalue weighted by Crippen LogP contribution is 2.40. The van der Waals surface area contributed by atoms with Crippen LogP contribution >= 0.6 is 0 Å².